The van der Waals surface area contributed by atoms with Gasteiger partial charge in [0.25, 0.3) is 0 Å². The van der Waals surface area contributed by atoms with E-state index in [0.717, 1.165) is 15.3 Å². The summed E-state index contributed by atoms with van der Waals surface area (Å²) in [6.07, 6.45) is 0. The lowest BCUT2D eigenvalue weighted by Crippen LogP contribution is -2.12. The van der Waals surface area contributed by atoms with E-state index in [2.05, 4.69) is 20.7 Å². The molecular weight excluding hydrogens is 300 g/mol. The van der Waals surface area contributed by atoms with Crippen molar-refractivity contribution in [3.8, 4) is 0 Å². The van der Waals surface area contributed by atoms with Crippen LogP contribution >= 0.6 is 39.5 Å². The first-order valence-corrected chi connectivity index (χ1v) is 7.27. The predicted molar refractivity (Wildman–Crippen MR) is 67.4 cm³/mol. The van der Waals surface area contributed by atoms with Gasteiger partial charge in [-0.3, -0.25) is 4.79 Å². The lowest BCUT2D eigenvalue weighted by Gasteiger charge is -2.04. The monoisotopic (exact) mass is 310 g/mol. The number of methoxy groups -OCH3 is 1. The van der Waals surface area contributed by atoms with Gasteiger partial charge in [-0.15, -0.1) is 23.5 Å². The highest BCUT2D eigenvalue weighted by molar-refractivity contribution is 9.09. The molecule has 1 aliphatic heterocycles. The Kier molecular flexibility index (Phi) is 5.22. The van der Waals surface area contributed by atoms with Gasteiger partial charge in [0, 0.05) is 16.3 Å². The highest BCUT2D eigenvalue weighted by Crippen LogP contribution is 2.44. The molecule has 0 saturated carbocycles. The Labute approximate surface area is 106 Å². The van der Waals surface area contributed by atoms with Gasteiger partial charge in [0.05, 0.1) is 11.3 Å². The van der Waals surface area contributed by atoms with Crippen LogP contribution in [0.1, 0.15) is 6.92 Å². The van der Waals surface area contributed by atoms with Gasteiger partial charge in [-0.2, -0.15) is 0 Å². The molecule has 1 fully saturated rings. The Morgan fingerprint density at radius 3 is 2.67 bits per heavy atom. The molecule has 3 nitrogen and oxygen atoms in total. The fourth-order valence-corrected chi connectivity index (χ4v) is 4.89. The summed E-state index contributed by atoms with van der Waals surface area (Å²) in [6.45, 7) is 1.39. The minimum Gasteiger partial charge on any atom is -0.465 e. The summed E-state index contributed by atoms with van der Waals surface area (Å²) in [5.41, 5.74) is 0.191. The molecular formula is C9H11BrO3S2. The van der Waals surface area contributed by atoms with Gasteiger partial charge < -0.3 is 4.74 Å². The zero-order valence-electron chi connectivity index (χ0n) is 8.41. The molecule has 0 aromatic carbocycles. The summed E-state index contributed by atoms with van der Waals surface area (Å²) < 4.78 is 5.39. The van der Waals surface area contributed by atoms with Gasteiger partial charge in [0.1, 0.15) is 5.57 Å². The maximum atomic E-state index is 11.4. The van der Waals surface area contributed by atoms with Crippen LogP contribution in [0.5, 0.6) is 0 Å². The number of thioether (sulfide) groups is 2. The van der Waals surface area contributed by atoms with Gasteiger partial charge in [0.15, 0.2) is 5.78 Å². The molecule has 1 aliphatic rings. The normalized spacial score (nSPS) is 23.8. The topological polar surface area (TPSA) is 43.4 Å². The van der Waals surface area contributed by atoms with E-state index in [0.29, 0.717) is 5.25 Å². The van der Waals surface area contributed by atoms with Gasteiger partial charge in [0.2, 0.25) is 0 Å². The quantitative estimate of drug-likeness (QED) is 0.263. The Balaban J connectivity index is 2.92. The van der Waals surface area contributed by atoms with Crippen LogP contribution in [-0.4, -0.2) is 35.2 Å². The van der Waals surface area contributed by atoms with Gasteiger partial charge >= 0.3 is 5.97 Å². The number of ether oxygens (including phenoxy) is 1. The highest BCUT2D eigenvalue weighted by atomic mass is 79.9. The van der Waals surface area contributed by atoms with Crippen molar-refractivity contribution in [2.45, 2.75) is 12.2 Å². The fourth-order valence-electron chi connectivity index (χ4n) is 1.07. The minimum absolute atomic E-state index is 0.191. The number of halogens is 1. The van der Waals surface area contributed by atoms with Gasteiger partial charge in [-0.25, -0.2) is 4.79 Å². The largest absolute Gasteiger partial charge is 0.465 e. The lowest BCUT2D eigenvalue weighted by molar-refractivity contribution is -0.137. The van der Waals surface area contributed by atoms with Crippen LogP contribution in [0.3, 0.4) is 0 Å². The van der Waals surface area contributed by atoms with E-state index >= 15 is 0 Å². The maximum absolute atomic E-state index is 11.4. The number of Topliss-reactive ketones (excluding diaryl/α,β-unsaturated/α-hetero) is 1. The summed E-state index contributed by atoms with van der Waals surface area (Å²) in [6, 6.07) is 0. The van der Waals surface area contributed by atoms with E-state index in [9.17, 15) is 9.59 Å². The van der Waals surface area contributed by atoms with Crippen molar-refractivity contribution >= 4 is 51.2 Å². The van der Waals surface area contributed by atoms with E-state index in [1.165, 1.54) is 14.0 Å². The minimum atomic E-state index is -0.535. The van der Waals surface area contributed by atoms with Crippen LogP contribution in [-0.2, 0) is 14.3 Å². The van der Waals surface area contributed by atoms with E-state index in [1.54, 1.807) is 23.5 Å². The first-order chi connectivity index (χ1) is 7.10. The van der Waals surface area contributed by atoms with Gasteiger partial charge in [-0.05, 0) is 6.92 Å². The molecule has 0 aromatic rings. The van der Waals surface area contributed by atoms with Crippen molar-refractivity contribution in [3.05, 3.63) is 9.81 Å². The van der Waals surface area contributed by atoms with E-state index < -0.39 is 5.97 Å². The van der Waals surface area contributed by atoms with Crippen molar-refractivity contribution < 1.29 is 14.3 Å². The summed E-state index contributed by atoms with van der Waals surface area (Å²) >= 11 is 6.50. The third-order valence-corrected chi connectivity index (χ3v) is 5.98. The standard InChI is InChI=1S/C9H11BrO3S2/c1-5(11)7(8(12)13-2)9-14-4-6(3-10)15-9/h6H,3-4H2,1-2H3/b9-7-. The predicted octanol–water partition coefficient (Wildman–Crippen LogP) is 2.20. The van der Waals surface area contributed by atoms with Crippen LogP contribution in [0.25, 0.3) is 0 Å². The molecule has 15 heavy (non-hydrogen) atoms. The number of alkyl halides is 1. The van der Waals surface area contributed by atoms with Crippen molar-refractivity contribution in [1.29, 1.82) is 0 Å². The van der Waals surface area contributed by atoms with Crippen molar-refractivity contribution in [3.63, 3.8) is 0 Å². The van der Waals surface area contributed by atoms with Crippen LogP contribution in [0.15, 0.2) is 9.81 Å². The average molecular weight is 311 g/mol. The second kappa shape index (κ2) is 5.96. The Morgan fingerprint density at radius 2 is 2.27 bits per heavy atom. The SMILES string of the molecule is COC(=O)/C(C(C)=O)=C1/SCC(CBr)S1. The molecule has 0 spiro atoms. The Morgan fingerprint density at radius 1 is 1.60 bits per heavy atom. The summed E-state index contributed by atoms with van der Waals surface area (Å²) in [4.78, 5) is 22.7. The molecule has 6 heteroatoms. The molecule has 1 heterocycles. The molecule has 1 atom stereocenters. The number of carbonyl (C=O) groups is 2. The molecule has 0 aliphatic carbocycles. The summed E-state index contributed by atoms with van der Waals surface area (Å²) in [7, 11) is 1.29. The average Bonchev–Trinajstić information content (AvgIpc) is 2.65. The fraction of sp³-hybridized carbons (Fsp3) is 0.556. The first kappa shape index (κ1) is 13.1. The smallest absolute Gasteiger partial charge is 0.343 e. The van der Waals surface area contributed by atoms with E-state index in [1.807, 2.05) is 0 Å². The molecule has 1 unspecified atom stereocenters. The van der Waals surface area contributed by atoms with Crippen LogP contribution in [0.4, 0.5) is 0 Å². The number of carbonyl (C=O) groups excluding carboxylic acids is 2. The number of ketones is 1. The number of esters is 1. The Hall–Kier alpha value is 0.0600. The van der Waals surface area contributed by atoms with Crippen LogP contribution in [0.2, 0.25) is 0 Å². The molecule has 84 valence electrons. The van der Waals surface area contributed by atoms with Crippen molar-refractivity contribution in [2.75, 3.05) is 18.2 Å². The number of rotatable bonds is 3. The molecule has 0 radical (unpaired) electrons. The zero-order chi connectivity index (χ0) is 11.4. The molecule has 0 N–H and O–H groups in total. The van der Waals surface area contributed by atoms with Crippen molar-refractivity contribution in [1.82, 2.24) is 0 Å². The Bertz CT molecular complexity index is 314. The summed E-state index contributed by atoms with van der Waals surface area (Å²) in [5, 5.41) is 1.28. The molecule has 1 rings (SSSR count). The third kappa shape index (κ3) is 3.26. The van der Waals surface area contributed by atoms with Crippen LogP contribution in [0, 0.1) is 0 Å². The van der Waals surface area contributed by atoms with E-state index in [4.69, 9.17) is 0 Å². The summed E-state index contributed by atoms with van der Waals surface area (Å²) in [5.74, 6) is 0.152. The first-order valence-electron chi connectivity index (χ1n) is 4.29. The molecule has 0 bridgehead atoms. The maximum Gasteiger partial charge on any atom is 0.343 e. The zero-order valence-corrected chi connectivity index (χ0v) is 11.6. The molecule has 0 amide bonds. The number of hydrogen-bond donors (Lipinski definition) is 0. The molecule has 0 aromatic heterocycles. The van der Waals surface area contributed by atoms with Gasteiger partial charge in [-0.1, -0.05) is 15.9 Å². The second-order valence-electron chi connectivity index (χ2n) is 2.92. The second-order valence-corrected chi connectivity index (χ2v) is 6.16. The van der Waals surface area contributed by atoms with Crippen molar-refractivity contribution in [2.24, 2.45) is 0 Å². The lowest BCUT2D eigenvalue weighted by atomic mass is 10.2. The molecule has 1 saturated heterocycles. The third-order valence-electron chi connectivity index (χ3n) is 1.79. The van der Waals surface area contributed by atoms with Crippen LogP contribution < -0.4 is 0 Å². The highest BCUT2D eigenvalue weighted by Gasteiger charge is 2.28. The number of hydrogen-bond acceptors (Lipinski definition) is 5. The van der Waals surface area contributed by atoms with E-state index in [-0.39, 0.29) is 11.4 Å².